The molecule has 108 valence electrons. The summed E-state index contributed by atoms with van der Waals surface area (Å²) in [6.07, 6.45) is 0. The van der Waals surface area contributed by atoms with Crippen LogP contribution in [0, 0.1) is 13.8 Å². The van der Waals surface area contributed by atoms with Crippen LogP contribution in [-0.2, 0) is 17.1 Å². The molecular weight excluding hydrogens is 266 g/mol. The van der Waals surface area contributed by atoms with Crippen LogP contribution in [0.15, 0.2) is 4.90 Å². The number of nitrogens with zero attached hydrogens (tertiary/aromatic N) is 3. The lowest BCUT2D eigenvalue weighted by molar-refractivity contribution is 0.272. The largest absolute Gasteiger partial charge is 0.329 e. The Labute approximate surface area is 113 Å². The maximum atomic E-state index is 12.8. The third-order valence-electron chi connectivity index (χ3n) is 3.58. The lowest BCUT2D eigenvalue weighted by atomic mass is 10.2. The molecule has 1 fully saturated rings. The predicted octanol–water partition coefficient (Wildman–Crippen LogP) is -1.04. The average molecular weight is 287 g/mol. The Kier molecular flexibility index (Phi) is 3.95. The van der Waals surface area contributed by atoms with Crippen molar-refractivity contribution in [2.75, 3.05) is 26.2 Å². The molecule has 1 unspecified atom stereocenters. The van der Waals surface area contributed by atoms with Gasteiger partial charge in [0.2, 0.25) is 10.0 Å². The molecule has 7 nitrogen and oxygen atoms in total. The molecule has 1 aliphatic rings. The normalized spacial score (nSPS) is 21.8. The molecule has 0 amide bonds. The van der Waals surface area contributed by atoms with Gasteiger partial charge in [-0.05, 0) is 13.8 Å². The van der Waals surface area contributed by atoms with E-state index in [1.807, 2.05) is 0 Å². The van der Waals surface area contributed by atoms with Crippen LogP contribution in [0.3, 0.4) is 0 Å². The standard InChI is InChI=1S/C11H21N5O2S/c1-8-11(9(2)15(3)14-8)19(17,18)16-5-4-13-7-10(16)6-12/h10,13H,4-7,12H2,1-3H3. The van der Waals surface area contributed by atoms with Crippen molar-refractivity contribution in [3.05, 3.63) is 11.4 Å². The zero-order valence-corrected chi connectivity index (χ0v) is 12.4. The highest BCUT2D eigenvalue weighted by atomic mass is 32.2. The summed E-state index contributed by atoms with van der Waals surface area (Å²) in [6, 6.07) is -0.197. The van der Waals surface area contributed by atoms with Crippen molar-refractivity contribution >= 4 is 10.0 Å². The molecule has 0 radical (unpaired) electrons. The van der Waals surface area contributed by atoms with Crippen LogP contribution >= 0.6 is 0 Å². The highest BCUT2D eigenvalue weighted by Gasteiger charge is 2.36. The van der Waals surface area contributed by atoms with Gasteiger partial charge in [0.15, 0.2) is 0 Å². The Hall–Kier alpha value is -0.960. The number of sulfonamides is 1. The first kappa shape index (κ1) is 14.4. The van der Waals surface area contributed by atoms with Crippen molar-refractivity contribution in [1.29, 1.82) is 0 Å². The zero-order chi connectivity index (χ0) is 14.2. The average Bonchev–Trinajstić information content (AvgIpc) is 2.63. The summed E-state index contributed by atoms with van der Waals surface area (Å²) in [5.41, 5.74) is 6.88. The number of hydrogen-bond acceptors (Lipinski definition) is 5. The summed E-state index contributed by atoms with van der Waals surface area (Å²) in [5.74, 6) is 0. The second-order valence-electron chi connectivity index (χ2n) is 4.83. The number of rotatable bonds is 3. The van der Waals surface area contributed by atoms with Crippen LogP contribution in [0.1, 0.15) is 11.4 Å². The van der Waals surface area contributed by atoms with Gasteiger partial charge in [0.05, 0.1) is 11.4 Å². The van der Waals surface area contributed by atoms with Gasteiger partial charge in [-0.3, -0.25) is 4.68 Å². The van der Waals surface area contributed by atoms with Crippen LogP contribution in [0.4, 0.5) is 0 Å². The summed E-state index contributed by atoms with van der Waals surface area (Å²) in [7, 11) is -1.78. The maximum absolute atomic E-state index is 12.8. The lowest BCUT2D eigenvalue weighted by Crippen LogP contribution is -2.56. The molecule has 2 heterocycles. The number of nitrogens with two attached hydrogens (primary N) is 1. The molecule has 1 saturated heterocycles. The minimum Gasteiger partial charge on any atom is -0.329 e. The van der Waals surface area contributed by atoms with Crippen LogP contribution in [0.2, 0.25) is 0 Å². The minimum absolute atomic E-state index is 0.197. The molecule has 0 aromatic carbocycles. The van der Waals surface area contributed by atoms with Crippen molar-refractivity contribution < 1.29 is 8.42 Å². The third kappa shape index (κ3) is 2.40. The molecule has 1 aromatic heterocycles. The second kappa shape index (κ2) is 5.20. The molecular formula is C11H21N5O2S. The van der Waals surface area contributed by atoms with Gasteiger partial charge in [-0.1, -0.05) is 0 Å². The fraction of sp³-hybridized carbons (Fsp3) is 0.727. The first-order valence-corrected chi connectivity index (χ1v) is 7.76. The van der Waals surface area contributed by atoms with Gasteiger partial charge in [-0.25, -0.2) is 8.42 Å². The van der Waals surface area contributed by atoms with Crippen molar-refractivity contribution in [1.82, 2.24) is 19.4 Å². The summed E-state index contributed by atoms with van der Waals surface area (Å²) < 4.78 is 28.7. The van der Waals surface area contributed by atoms with E-state index in [0.29, 0.717) is 42.5 Å². The molecule has 1 aromatic rings. The second-order valence-corrected chi connectivity index (χ2v) is 6.66. The Morgan fingerprint density at radius 3 is 2.68 bits per heavy atom. The van der Waals surface area contributed by atoms with E-state index in [9.17, 15) is 8.42 Å². The van der Waals surface area contributed by atoms with E-state index in [-0.39, 0.29) is 6.04 Å². The van der Waals surface area contributed by atoms with Gasteiger partial charge in [0, 0.05) is 39.3 Å². The van der Waals surface area contributed by atoms with E-state index in [4.69, 9.17) is 5.73 Å². The van der Waals surface area contributed by atoms with E-state index in [1.165, 1.54) is 4.31 Å². The smallest absolute Gasteiger partial charge is 0.247 e. The quantitative estimate of drug-likeness (QED) is 0.740. The van der Waals surface area contributed by atoms with Gasteiger partial charge in [-0.15, -0.1) is 0 Å². The van der Waals surface area contributed by atoms with Crippen LogP contribution in [0.25, 0.3) is 0 Å². The predicted molar refractivity (Wildman–Crippen MR) is 72.3 cm³/mol. The van der Waals surface area contributed by atoms with E-state index in [0.717, 1.165) is 0 Å². The lowest BCUT2D eigenvalue weighted by Gasteiger charge is -2.34. The third-order valence-corrected chi connectivity index (χ3v) is 5.78. The van der Waals surface area contributed by atoms with E-state index < -0.39 is 10.0 Å². The summed E-state index contributed by atoms with van der Waals surface area (Å²) in [6.45, 7) is 5.48. The number of aryl methyl sites for hydroxylation is 2. The van der Waals surface area contributed by atoms with E-state index in [1.54, 1.807) is 25.6 Å². The highest BCUT2D eigenvalue weighted by molar-refractivity contribution is 7.89. The maximum Gasteiger partial charge on any atom is 0.247 e. The Bertz CT molecular complexity index is 566. The number of piperazine rings is 1. The van der Waals surface area contributed by atoms with E-state index in [2.05, 4.69) is 10.4 Å². The molecule has 19 heavy (non-hydrogen) atoms. The summed E-state index contributed by atoms with van der Waals surface area (Å²) >= 11 is 0. The molecule has 8 heteroatoms. The van der Waals surface area contributed by atoms with Gasteiger partial charge < -0.3 is 11.1 Å². The SMILES string of the molecule is Cc1nn(C)c(C)c1S(=O)(=O)N1CCNCC1CN. The summed E-state index contributed by atoms with van der Waals surface area (Å²) in [4.78, 5) is 0.315. The van der Waals surface area contributed by atoms with Crippen molar-refractivity contribution in [2.24, 2.45) is 12.8 Å². The van der Waals surface area contributed by atoms with Crippen molar-refractivity contribution in [2.45, 2.75) is 24.8 Å². The van der Waals surface area contributed by atoms with Crippen LogP contribution in [-0.4, -0.2) is 54.7 Å². The zero-order valence-electron chi connectivity index (χ0n) is 11.5. The van der Waals surface area contributed by atoms with Gasteiger partial charge >= 0.3 is 0 Å². The molecule has 0 aliphatic carbocycles. The fourth-order valence-corrected chi connectivity index (χ4v) is 4.54. The van der Waals surface area contributed by atoms with Crippen LogP contribution in [0.5, 0.6) is 0 Å². The molecule has 3 N–H and O–H groups in total. The highest BCUT2D eigenvalue weighted by Crippen LogP contribution is 2.24. The molecule has 2 rings (SSSR count). The number of aromatic nitrogens is 2. The van der Waals surface area contributed by atoms with E-state index >= 15 is 0 Å². The fourth-order valence-electron chi connectivity index (χ4n) is 2.50. The topological polar surface area (TPSA) is 93.2 Å². The van der Waals surface area contributed by atoms with Gasteiger partial charge in [-0.2, -0.15) is 9.40 Å². The van der Waals surface area contributed by atoms with Crippen molar-refractivity contribution in [3.63, 3.8) is 0 Å². The molecule has 0 bridgehead atoms. The van der Waals surface area contributed by atoms with Gasteiger partial charge in [0.1, 0.15) is 4.90 Å². The molecule has 0 spiro atoms. The monoisotopic (exact) mass is 287 g/mol. The number of hydrogen-bond donors (Lipinski definition) is 2. The Balaban J connectivity index is 2.46. The first-order chi connectivity index (χ1) is 8.89. The van der Waals surface area contributed by atoms with Gasteiger partial charge in [0.25, 0.3) is 0 Å². The minimum atomic E-state index is -3.53. The number of nitrogens with one attached hydrogen (secondary N) is 1. The van der Waals surface area contributed by atoms with Crippen LogP contribution < -0.4 is 11.1 Å². The molecule has 1 atom stereocenters. The molecule has 0 saturated carbocycles. The first-order valence-electron chi connectivity index (χ1n) is 6.32. The van der Waals surface area contributed by atoms with Crippen molar-refractivity contribution in [3.8, 4) is 0 Å². The Morgan fingerprint density at radius 1 is 1.47 bits per heavy atom. The Morgan fingerprint density at radius 2 is 2.16 bits per heavy atom. The summed E-state index contributed by atoms with van der Waals surface area (Å²) in [5, 5.41) is 7.35. The molecule has 1 aliphatic heterocycles.